The number of aromatic nitrogens is 2. The first-order valence-corrected chi connectivity index (χ1v) is 6.19. The van der Waals surface area contributed by atoms with Gasteiger partial charge in [0.2, 0.25) is 0 Å². The minimum absolute atomic E-state index is 0.204. The molecule has 0 saturated carbocycles. The number of nitrogens with one attached hydrogen (secondary N) is 2. The highest BCUT2D eigenvalue weighted by atomic mass is 16.1. The number of hydrogen-bond donors (Lipinski definition) is 2. The molecule has 2 rings (SSSR count). The lowest BCUT2D eigenvalue weighted by atomic mass is 10.2. The normalized spacial score (nSPS) is 9.95. The summed E-state index contributed by atoms with van der Waals surface area (Å²) in [5.74, 6) is 0.446. The first-order valence-electron chi connectivity index (χ1n) is 6.19. The van der Waals surface area contributed by atoms with Crippen LogP contribution in [-0.4, -0.2) is 22.6 Å². The summed E-state index contributed by atoms with van der Waals surface area (Å²) < 4.78 is 0. The van der Waals surface area contributed by atoms with E-state index in [-0.39, 0.29) is 5.91 Å². The quantitative estimate of drug-likeness (QED) is 0.856. The highest BCUT2D eigenvalue weighted by molar-refractivity contribution is 5.92. The van der Waals surface area contributed by atoms with Crippen LogP contribution in [0.2, 0.25) is 0 Å². The molecule has 0 saturated heterocycles. The fourth-order valence-corrected chi connectivity index (χ4v) is 1.59. The van der Waals surface area contributed by atoms with Crippen molar-refractivity contribution in [1.82, 2.24) is 15.5 Å². The van der Waals surface area contributed by atoms with E-state index < -0.39 is 0 Å². The lowest BCUT2D eigenvalue weighted by molar-refractivity contribution is 0.0950. The Morgan fingerprint density at radius 1 is 1.11 bits per heavy atom. The SMILES string of the molecule is CCNC(=O)c1ccc(NCc2ccccc2)nn1. The van der Waals surface area contributed by atoms with Crippen LogP contribution in [0.3, 0.4) is 0 Å². The number of anilines is 1. The number of carbonyl (C=O) groups excluding carboxylic acids is 1. The molecule has 0 atom stereocenters. The molecule has 98 valence electrons. The van der Waals surface area contributed by atoms with Crippen LogP contribution in [0.5, 0.6) is 0 Å². The van der Waals surface area contributed by atoms with Gasteiger partial charge in [-0.05, 0) is 24.6 Å². The molecule has 0 aliphatic carbocycles. The number of amides is 1. The number of rotatable bonds is 5. The van der Waals surface area contributed by atoms with E-state index >= 15 is 0 Å². The monoisotopic (exact) mass is 256 g/mol. The van der Waals surface area contributed by atoms with Gasteiger partial charge in [0.05, 0.1) is 0 Å². The van der Waals surface area contributed by atoms with Crippen LogP contribution < -0.4 is 10.6 Å². The molecule has 1 amide bonds. The molecular formula is C14H16N4O. The first kappa shape index (κ1) is 13.0. The number of benzene rings is 1. The van der Waals surface area contributed by atoms with Crippen molar-refractivity contribution in [2.24, 2.45) is 0 Å². The van der Waals surface area contributed by atoms with Gasteiger partial charge in [0.15, 0.2) is 5.69 Å². The molecule has 0 spiro atoms. The minimum atomic E-state index is -0.204. The Hall–Kier alpha value is -2.43. The molecule has 0 bridgehead atoms. The summed E-state index contributed by atoms with van der Waals surface area (Å²) in [7, 11) is 0. The second-order valence-electron chi connectivity index (χ2n) is 4.00. The number of carbonyl (C=O) groups is 1. The molecule has 19 heavy (non-hydrogen) atoms. The third-order valence-corrected chi connectivity index (χ3v) is 2.55. The van der Waals surface area contributed by atoms with Gasteiger partial charge in [0.1, 0.15) is 5.82 Å². The predicted octanol–water partition coefficient (Wildman–Crippen LogP) is 1.84. The smallest absolute Gasteiger partial charge is 0.271 e. The average Bonchev–Trinajstić information content (AvgIpc) is 2.47. The molecular weight excluding hydrogens is 240 g/mol. The first-order chi connectivity index (χ1) is 9.29. The fraction of sp³-hybridized carbons (Fsp3) is 0.214. The van der Waals surface area contributed by atoms with Gasteiger partial charge in [-0.1, -0.05) is 30.3 Å². The van der Waals surface area contributed by atoms with E-state index in [4.69, 9.17) is 0 Å². The Kier molecular flexibility index (Phi) is 4.44. The van der Waals surface area contributed by atoms with E-state index in [1.54, 1.807) is 12.1 Å². The number of nitrogens with zero attached hydrogens (tertiary/aromatic N) is 2. The van der Waals surface area contributed by atoms with Crippen LogP contribution in [0.1, 0.15) is 23.0 Å². The third-order valence-electron chi connectivity index (χ3n) is 2.55. The molecule has 1 heterocycles. The molecule has 0 fully saturated rings. The van der Waals surface area contributed by atoms with E-state index in [1.807, 2.05) is 37.3 Å². The van der Waals surface area contributed by atoms with E-state index in [9.17, 15) is 4.79 Å². The predicted molar refractivity (Wildman–Crippen MR) is 73.8 cm³/mol. The van der Waals surface area contributed by atoms with Gasteiger partial charge in [-0.15, -0.1) is 10.2 Å². The largest absolute Gasteiger partial charge is 0.365 e. The minimum Gasteiger partial charge on any atom is -0.365 e. The van der Waals surface area contributed by atoms with Crippen LogP contribution in [0, 0.1) is 0 Å². The van der Waals surface area contributed by atoms with Crippen molar-refractivity contribution < 1.29 is 4.79 Å². The molecule has 5 nitrogen and oxygen atoms in total. The molecule has 0 radical (unpaired) electrons. The Labute approximate surface area is 112 Å². The Balaban J connectivity index is 1.94. The standard InChI is InChI=1S/C14H16N4O/c1-2-15-14(19)12-8-9-13(18-17-12)16-10-11-6-4-3-5-7-11/h3-9H,2,10H2,1H3,(H,15,19)(H,16,18). The summed E-state index contributed by atoms with van der Waals surface area (Å²) in [4.78, 5) is 11.5. The van der Waals surface area contributed by atoms with Gasteiger partial charge in [0, 0.05) is 13.1 Å². The van der Waals surface area contributed by atoms with Crippen LogP contribution in [0.15, 0.2) is 42.5 Å². The van der Waals surface area contributed by atoms with Crippen molar-refractivity contribution in [3.63, 3.8) is 0 Å². The van der Waals surface area contributed by atoms with E-state index in [0.717, 1.165) is 5.56 Å². The maximum Gasteiger partial charge on any atom is 0.271 e. The van der Waals surface area contributed by atoms with Gasteiger partial charge in [-0.2, -0.15) is 0 Å². The topological polar surface area (TPSA) is 66.9 Å². The summed E-state index contributed by atoms with van der Waals surface area (Å²) in [5.41, 5.74) is 1.49. The van der Waals surface area contributed by atoms with Crippen molar-refractivity contribution in [1.29, 1.82) is 0 Å². The summed E-state index contributed by atoms with van der Waals surface area (Å²) in [5, 5.41) is 13.7. The maximum absolute atomic E-state index is 11.5. The summed E-state index contributed by atoms with van der Waals surface area (Å²) in [6.07, 6.45) is 0. The lowest BCUT2D eigenvalue weighted by Crippen LogP contribution is -2.24. The van der Waals surface area contributed by atoms with E-state index in [0.29, 0.717) is 24.6 Å². The summed E-state index contributed by atoms with van der Waals surface area (Å²) in [6, 6.07) is 13.4. The molecule has 1 aromatic heterocycles. The molecule has 2 aromatic rings. The molecule has 0 unspecified atom stereocenters. The summed E-state index contributed by atoms with van der Waals surface area (Å²) in [6.45, 7) is 3.12. The molecule has 5 heteroatoms. The fourth-order valence-electron chi connectivity index (χ4n) is 1.59. The molecule has 2 N–H and O–H groups in total. The highest BCUT2D eigenvalue weighted by Crippen LogP contribution is 2.05. The Morgan fingerprint density at radius 3 is 2.53 bits per heavy atom. The zero-order valence-electron chi connectivity index (χ0n) is 10.8. The van der Waals surface area contributed by atoms with Crippen molar-refractivity contribution in [3.05, 3.63) is 53.7 Å². The Bertz CT molecular complexity index is 525. The second kappa shape index (κ2) is 6.49. The van der Waals surface area contributed by atoms with Crippen molar-refractivity contribution >= 4 is 11.7 Å². The molecule has 0 aliphatic rings. The van der Waals surface area contributed by atoms with Crippen LogP contribution in [-0.2, 0) is 6.54 Å². The van der Waals surface area contributed by atoms with Gasteiger partial charge < -0.3 is 10.6 Å². The summed E-state index contributed by atoms with van der Waals surface area (Å²) >= 11 is 0. The zero-order chi connectivity index (χ0) is 13.5. The van der Waals surface area contributed by atoms with Crippen molar-refractivity contribution in [3.8, 4) is 0 Å². The van der Waals surface area contributed by atoms with Gasteiger partial charge in [0.25, 0.3) is 5.91 Å². The third kappa shape index (κ3) is 3.77. The van der Waals surface area contributed by atoms with Crippen molar-refractivity contribution in [2.45, 2.75) is 13.5 Å². The van der Waals surface area contributed by atoms with E-state index in [2.05, 4.69) is 20.8 Å². The van der Waals surface area contributed by atoms with E-state index in [1.165, 1.54) is 0 Å². The molecule has 1 aromatic carbocycles. The average molecular weight is 256 g/mol. The molecule has 0 aliphatic heterocycles. The number of hydrogen-bond acceptors (Lipinski definition) is 4. The van der Waals surface area contributed by atoms with Gasteiger partial charge in [-0.25, -0.2) is 0 Å². The van der Waals surface area contributed by atoms with Gasteiger partial charge >= 0.3 is 0 Å². The van der Waals surface area contributed by atoms with Gasteiger partial charge in [-0.3, -0.25) is 4.79 Å². The Morgan fingerprint density at radius 2 is 1.89 bits per heavy atom. The highest BCUT2D eigenvalue weighted by Gasteiger charge is 2.06. The maximum atomic E-state index is 11.5. The second-order valence-corrected chi connectivity index (χ2v) is 4.00. The zero-order valence-corrected chi connectivity index (χ0v) is 10.8. The van der Waals surface area contributed by atoms with Crippen molar-refractivity contribution in [2.75, 3.05) is 11.9 Å². The van der Waals surface area contributed by atoms with Crippen LogP contribution in [0.4, 0.5) is 5.82 Å². The van der Waals surface area contributed by atoms with Crippen LogP contribution >= 0.6 is 0 Å². The lowest BCUT2D eigenvalue weighted by Gasteiger charge is -2.05. The van der Waals surface area contributed by atoms with Crippen LogP contribution in [0.25, 0.3) is 0 Å².